The van der Waals surface area contributed by atoms with Gasteiger partial charge in [0.1, 0.15) is 11.3 Å². The van der Waals surface area contributed by atoms with E-state index >= 15 is 0 Å². The predicted molar refractivity (Wildman–Crippen MR) is 108 cm³/mol. The number of carboxylic acid groups (broad SMARTS) is 1. The number of allylic oxidation sites excluding steroid dienone is 1. The summed E-state index contributed by atoms with van der Waals surface area (Å²) in [6.07, 6.45) is 3.18. The van der Waals surface area contributed by atoms with Crippen molar-refractivity contribution in [3.05, 3.63) is 71.0 Å². The third-order valence-electron chi connectivity index (χ3n) is 4.45. The molecule has 0 radical (unpaired) electrons. The molecule has 1 N–H and O–H groups in total. The van der Waals surface area contributed by atoms with Crippen LogP contribution < -0.4 is 4.74 Å². The van der Waals surface area contributed by atoms with Crippen LogP contribution in [0.2, 0.25) is 0 Å². The van der Waals surface area contributed by atoms with E-state index in [1.54, 1.807) is 12.1 Å². The number of ketones is 1. The number of furan rings is 1. The number of carbonyl (C=O) groups is 2. The summed E-state index contributed by atoms with van der Waals surface area (Å²) in [6.45, 7) is 6.71. The summed E-state index contributed by atoms with van der Waals surface area (Å²) >= 11 is 0. The lowest BCUT2D eigenvalue weighted by Gasteiger charge is -2.24. The Morgan fingerprint density at radius 3 is 2.32 bits per heavy atom. The minimum Gasteiger partial charge on any atom is -0.478 e. The fraction of sp³-hybridized carbons (Fsp3) is 0.217. The van der Waals surface area contributed by atoms with Crippen molar-refractivity contribution in [3.8, 4) is 5.75 Å². The summed E-state index contributed by atoms with van der Waals surface area (Å²) in [5.74, 6) is -0.437. The molecule has 28 heavy (non-hydrogen) atoms. The minimum atomic E-state index is -1.33. The van der Waals surface area contributed by atoms with Crippen molar-refractivity contribution < 1.29 is 23.8 Å². The molecular formula is C23H22O5. The topological polar surface area (TPSA) is 76.7 Å². The van der Waals surface area contributed by atoms with Crippen molar-refractivity contribution in [1.82, 2.24) is 0 Å². The molecule has 0 spiro atoms. The van der Waals surface area contributed by atoms with Gasteiger partial charge in [-0.25, -0.2) is 4.79 Å². The molecule has 0 atom stereocenters. The van der Waals surface area contributed by atoms with Crippen molar-refractivity contribution in [2.75, 3.05) is 0 Å². The Labute approximate surface area is 163 Å². The molecular weight excluding hydrogens is 356 g/mol. The Morgan fingerprint density at radius 1 is 1.07 bits per heavy atom. The molecule has 0 saturated carbocycles. The quantitative estimate of drug-likeness (QED) is 0.472. The van der Waals surface area contributed by atoms with Crippen molar-refractivity contribution in [1.29, 1.82) is 0 Å². The highest BCUT2D eigenvalue weighted by molar-refractivity contribution is 6.07. The van der Waals surface area contributed by atoms with E-state index < -0.39 is 11.6 Å². The molecule has 0 amide bonds. The molecule has 5 nitrogen and oxygen atoms in total. The molecule has 0 bridgehead atoms. The summed E-state index contributed by atoms with van der Waals surface area (Å²) in [6, 6.07) is 12.9. The molecule has 0 aliphatic rings. The van der Waals surface area contributed by atoms with Gasteiger partial charge in [0.15, 0.2) is 11.4 Å². The van der Waals surface area contributed by atoms with Crippen LogP contribution in [0.3, 0.4) is 0 Å². The number of ether oxygens (including phenoxy) is 1. The highest BCUT2D eigenvalue weighted by Gasteiger charge is 2.30. The first kappa shape index (κ1) is 19.4. The number of hydrogen-bond acceptors (Lipinski definition) is 4. The van der Waals surface area contributed by atoms with Gasteiger partial charge in [0, 0.05) is 5.39 Å². The highest BCUT2D eigenvalue weighted by Crippen LogP contribution is 2.29. The molecule has 3 rings (SSSR count). The Morgan fingerprint density at radius 2 is 1.71 bits per heavy atom. The van der Waals surface area contributed by atoms with E-state index in [4.69, 9.17) is 9.15 Å². The SMILES string of the molecule is Cc1cc(C=CC(=O)c2cc3ccccc3o2)cc(C)c1OC(C)(C)C(=O)O. The van der Waals surface area contributed by atoms with Crippen LogP contribution in [-0.2, 0) is 4.79 Å². The van der Waals surface area contributed by atoms with Crippen molar-refractivity contribution >= 4 is 28.8 Å². The van der Waals surface area contributed by atoms with Gasteiger partial charge in [-0.1, -0.05) is 24.3 Å². The maximum absolute atomic E-state index is 12.4. The third-order valence-corrected chi connectivity index (χ3v) is 4.45. The van der Waals surface area contributed by atoms with Crippen molar-refractivity contribution in [3.63, 3.8) is 0 Å². The van der Waals surface area contributed by atoms with Crippen molar-refractivity contribution in [2.45, 2.75) is 33.3 Å². The molecule has 0 aliphatic carbocycles. The molecule has 5 heteroatoms. The number of aryl methyl sites for hydroxylation is 2. The summed E-state index contributed by atoms with van der Waals surface area (Å²) in [5, 5.41) is 10.1. The van der Waals surface area contributed by atoms with Gasteiger partial charge in [-0.3, -0.25) is 4.79 Å². The van der Waals surface area contributed by atoms with Crippen LogP contribution >= 0.6 is 0 Å². The zero-order valence-corrected chi connectivity index (χ0v) is 16.3. The summed E-state index contributed by atoms with van der Waals surface area (Å²) < 4.78 is 11.3. The number of para-hydroxylation sites is 1. The minimum absolute atomic E-state index is 0.223. The third kappa shape index (κ3) is 3.98. The van der Waals surface area contributed by atoms with Gasteiger partial charge in [-0.15, -0.1) is 0 Å². The second-order valence-corrected chi connectivity index (χ2v) is 7.25. The number of carbonyl (C=O) groups excluding carboxylic acids is 1. The molecule has 0 unspecified atom stereocenters. The Balaban J connectivity index is 1.82. The highest BCUT2D eigenvalue weighted by atomic mass is 16.5. The fourth-order valence-electron chi connectivity index (χ4n) is 2.90. The van der Waals surface area contributed by atoms with Gasteiger partial charge in [0.25, 0.3) is 0 Å². The van der Waals surface area contributed by atoms with Gasteiger partial charge in [0.2, 0.25) is 5.78 Å². The summed E-state index contributed by atoms with van der Waals surface area (Å²) in [7, 11) is 0. The Kier molecular flexibility index (Phi) is 5.10. The number of benzene rings is 2. The molecule has 0 saturated heterocycles. The monoisotopic (exact) mass is 378 g/mol. The average molecular weight is 378 g/mol. The Bertz CT molecular complexity index is 1030. The lowest BCUT2D eigenvalue weighted by atomic mass is 10.0. The van der Waals surface area contributed by atoms with Gasteiger partial charge in [0.05, 0.1) is 0 Å². The van der Waals surface area contributed by atoms with Crippen LogP contribution in [0.4, 0.5) is 0 Å². The molecule has 144 valence electrons. The van der Waals surface area contributed by atoms with Gasteiger partial charge >= 0.3 is 5.97 Å². The first-order chi connectivity index (χ1) is 13.2. The van der Waals surface area contributed by atoms with E-state index in [0.29, 0.717) is 11.3 Å². The first-order valence-corrected chi connectivity index (χ1v) is 8.92. The molecule has 1 heterocycles. The number of fused-ring (bicyclic) bond motifs is 1. The smallest absolute Gasteiger partial charge is 0.347 e. The van der Waals surface area contributed by atoms with Crippen LogP contribution in [0.1, 0.15) is 41.1 Å². The van der Waals surface area contributed by atoms with Crippen molar-refractivity contribution in [2.24, 2.45) is 0 Å². The number of rotatable bonds is 6. The largest absolute Gasteiger partial charge is 0.478 e. The van der Waals surface area contributed by atoms with Crippen LogP contribution in [0.25, 0.3) is 17.0 Å². The zero-order chi connectivity index (χ0) is 20.5. The molecule has 0 aliphatic heterocycles. The first-order valence-electron chi connectivity index (χ1n) is 8.92. The standard InChI is InChI=1S/C23H22O5/c1-14-11-16(12-15(2)21(14)28-23(3,4)22(25)26)9-10-18(24)20-13-17-7-5-6-8-19(17)27-20/h5-13H,1-4H3,(H,25,26). The van der Waals surface area contributed by atoms with E-state index in [-0.39, 0.29) is 11.5 Å². The number of hydrogen-bond donors (Lipinski definition) is 1. The summed E-state index contributed by atoms with van der Waals surface area (Å²) in [4.78, 5) is 23.7. The zero-order valence-electron chi connectivity index (χ0n) is 16.3. The normalized spacial score (nSPS) is 11.9. The van der Waals surface area contributed by atoms with Crippen LogP contribution in [0.5, 0.6) is 5.75 Å². The number of aliphatic carboxylic acids is 1. The predicted octanol–water partition coefficient (Wildman–Crippen LogP) is 5.19. The van der Waals surface area contributed by atoms with Gasteiger partial charge < -0.3 is 14.3 Å². The second kappa shape index (κ2) is 7.35. The average Bonchev–Trinajstić information content (AvgIpc) is 3.07. The Hall–Kier alpha value is -3.34. The molecule has 1 aromatic heterocycles. The van der Waals surface area contributed by atoms with Gasteiger partial charge in [-0.05, 0) is 74.7 Å². The second-order valence-electron chi connectivity index (χ2n) is 7.25. The lowest BCUT2D eigenvalue weighted by Crippen LogP contribution is -2.38. The van der Waals surface area contributed by atoms with E-state index in [2.05, 4.69) is 0 Å². The van der Waals surface area contributed by atoms with Crippen LogP contribution in [-0.4, -0.2) is 22.5 Å². The van der Waals surface area contributed by atoms with E-state index in [1.807, 2.05) is 50.2 Å². The van der Waals surface area contributed by atoms with Gasteiger partial charge in [-0.2, -0.15) is 0 Å². The van der Waals surface area contributed by atoms with Crippen LogP contribution in [0, 0.1) is 13.8 Å². The summed E-state index contributed by atoms with van der Waals surface area (Å²) in [5.41, 5.74) is 1.76. The maximum Gasteiger partial charge on any atom is 0.347 e. The van der Waals surface area contributed by atoms with E-state index in [1.165, 1.54) is 19.9 Å². The van der Waals surface area contributed by atoms with Crippen LogP contribution in [0.15, 0.2) is 53.0 Å². The molecule has 3 aromatic rings. The maximum atomic E-state index is 12.4. The molecule has 0 fully saturated rings. The lowest BCUT2D eigenvalue weighted by molar-refractivity contribution is -0.152. The number of carboxylic acids is 1. The molecule has 2 aromatic carbocycles. The fourth-order valence-corrected chi connectivity index (χ4v) is 2.90. The van der Waals surface area contributed by atoms with E-state index in [0.717, 1.165) is 22.1 Å². The van der Waals surface area contributed by atoms with E-state index in [9.17, 15) is 14.7 Å².